The minimum absolute atomic E-state index is 0.0407. The molecule has 35 heavy (non-hydrogen) atoms. The second kappa shape index (κ2) is 10.1. The summed E-state index contributed by atoms with van der Waals surface area (Å²) >= 11 is 0. The highest BCUT2D eigenvalue weighted by atomic mass is 19.1. The van der Waals surface area contributed by atoms with Gasteiger partial charge in [-0.3, -0.25) is 9.29 Å². The molecule has 2 heterocycles. The molecule has 0 saturated carbocycles. The van der Waals surface area contributed by atoms with Crippen LogP contribution in [0, 0.1) is 5.92 Å². The molecule has 3 aromatic rings. The Balaban J connectivity index is 1.39. The summed E-state index contributed by atoms with van der Waals surface area (Å²) in [6.45, 7) is 4.73. The van der Waals surface area contributed by atoms with Crippen LogP contribution in [0.15, 0.2) is 66.7 Å². The lowest BCUT2D eigenvalue weighted by molar-refractivity contribution is 0.0668. The van der Waals surface area contributed by atoms with Crippen molar-refractivity contribution in [3.8, 4) is 17.2 Å². The molecule has 0 unspecified atom stereocenters. The van der Waals surface area contributed by atoms with Gasteiger partial charge < -0.3 is 19.7 Å². The Morgan fingerprint density at radius 2 is 1.86 bits per heavy atom. The van der Waals surface area contributed by atoms with Crippen molar-refractivity contribution in [2.75, 3.05) is 32.9 Å². The summed E-state index contributed by atoms with van der Waals surface area (Å²) in [5.41, 5.74) is 5.64. The number of benzene rings is 3. The fraction of sp³-hybridized carbons (Fsp3) is 0.310. The molecule has 1 fully saturated rings. The van der Waals surface area contributed by atoms with Crippen LogP contribution >= 0.6 is 0 Å². The van der Waals surface area contributed by atoms with Gasteiger partial charge in [0.25, 0.3) is 0 Å². The SMILES string of the molecule is CC1=C(c2cccc(CO)c2)[C@@H](c2ccc(OCCN3CC(CF)C3)cc2)Oc2ccc(O)cc21. The molecule has 5 rings (SSSR count). The minimum atomic E-state index is -0.353. The predicted molar refractivity (Wildman–Crippen MR) is 134 cm³/mol. The van der Waals surface area contributed by atoms with Gasteiger partial charge in [0.15, 0.2) is 0 Å². The van der Waals surface area contributed by atoms with Gasteiger partial charge in [0, 0.05) is 36.7 Å². The van der Waals surface area contributed by atoms with Gasteiger partial charge in [-0.15, -0.1) is 0 Å². The van der Waals surface area contributed by atoms with E-state index >= 15 is 0 Å². The number of ether oxygens (including phenoxy) is 2. The third-order valence-corrected chi connectivity index (χ3v) is 6.81. The van der Waals surface area contributed by atoms with Crippen LogP contribution in [-0.4, -0.2) is 48.0 Å². The Labute approximate surface area is 205 Å². The fourth-order valence-electron chi connectivity index (χ4n) is 4.87. The van der Waals surface area contributed by atoms with Gasteiger partial charge in [0.2, 0.25) is 0 Å². The molecule has 6 heteroatoms. The normalized spacial score (nSPS) is 18.1. The fourth-order valence-corrected chi connectivity index (χ4v) is 4.87. The van der Waals surface area contributed by atoms with Gasteiger partial charge in [-0.25, -0.2) is 0 Å². The zero-order chi connectivity index (χ0) is 24.4. The third-order valence-electron chi connectivity index (χ3n) is 6.81. The van der Waals surface area contributed by atoms with Gasteiger partial charge in [-0.2, -0.15) is 0 Å². The Morgan fingerprint density at radius 3 is 2.60 bits per heavy atom. The molecule has 1 saturated heterocycles. The lowest BCUT2D eigenvalue weighted by Gasteiger charge is -2.37. The average Bonchev–Trinajstić information content (AvgIpc) is 2.86. The second-order valence-corrected chi connectivity index (χ2v) is 9.27. The number of nitrogens with zero attached hydrogens (tertiary/aromatic N) is 1. The van der Waals surface area contributed by atoms with Crippen LogP contribution in [0.2, 0.25) is 0 Å². The molecule has 3 aromatic carbocycles. The van der Waals surface area contributed by atoms with E-state index in [4.69, 9.17) is 9.47 Å². The van der Waals surface area contributed by atoms with Crippen molar-refractivity contribution in [3.05, 3.63) is 89.0 Å². The first-order valence-electron chi connectivity index (χ1n) is 12.0. The van der Waals surface area contributed by atoms with E-state index < -0.39 is 0 Å². The van der Waals surface area contributed by atoms with Crippen LogP contribution < -0.4 is 9.47 Å². The predicted octanol–water partition coefficient (Wildman–Crippen LogP) is 5.23. The summed E-state index contributed by atoms with van der Waals surface area (Å²) in [7, 11) is 0. The van der Waals surface area contributed by atoms with Crippen LogP contribution in [0.1, 0.15) is 35.3 Å². The van der Waals surface area contributed by atoms with E-state index in [-0.39, 0.29) is 31.1 Å². The average molecular weight is 476 g/mol. The van der Waals surface area contributed by atoms with Crippen LogP contribution in [0.25, 0.3) is 11.1 Å². The number of phenols is 1. The van der Waals surface area contributed by atoms with Gasteiger partial charge in [0.1, 0.15) is 30.0 Å². The Bertz CT molecular complexity index is 1220. The molecule has 2 aliphatic heterocycles. The Morgan fingerprint density at radius 1 is 1.06 bits per heavy atom. The van der Waals surface area contributed by atoms with E-state index in [1.807, 2.05) is 55.5 Å². The van der Waals surface area contributed by atoms with Gasteiger partial charge in [0.05, 0.1) is 13.3 Å². The number of fused-ring (bicyclic) bond motifs is 1. The smallest absolute Gasteiger partial charge is 0.150 e. The number of allylic oxidation sites excluding steroid dienone is 1. The van der Waals surface area contributed by atoms with E-state index in [2.05, 4.69) is 4.90 Å². The molecule has 1 atom stereocenters. The molecule has 0 aliphatic carbocycles. The van der Waals surface area contributed by atoms with Gasteiger partial charge >= 0.3 is 0 Å². The van der Waals surface area contributed by atoms with E-state index in [9.17, 15) is 14.6 Å². The van der Waals surface area contributed by atoms with E-state index in [1.54, 1.807) is 18.2 Å². The number of hydrogen-bond donors (Lipinski definition) is 2. The van der Waals surface area contributed by atoms with Crippen LogP contribution in [0.4, 0.5) is 4.39 Å². The molecule has 0 spiro atoms. The molecule has 2 aliphatic rings. The first kappa shape index (κ1) is 23.4. The number of rotatable bonds is 8. The molecule has 5 nitrogen and oxygen atoms in total. The third kappa shape index (κ3) is 4.90. The zero-order valence-electron chi connectivity index (χ0n) is 19.8. The van der Waals surface area contributed by atoms with Crippen LogP contribution in [0.5, 0.6) is 17.2 Å². The number of alkyl halides is 1. The molecular formula is C29H30FNO4. The summed E-state index contributed by atoms with van der Waals surface area (Å²) in [6, 6.07) is 20.9. The maximum Gasteiger partial charge on any atom is 0.150 e. The van der Waals surface area contributed by atoms with E-state index in [1.165, 1.54) is 0 Å². The number of likely N-dealkylation sites (tertiary alicyclic amines) is 1. The molecule has 0 aromatic heterocycles. The van der Waals surface area contributed by atoms with Crippen molar-refractivity contribution < 1.29 is 24.1 Å². The first-order valence-corrected chi connectivity index (χ1v) is 12.0. The van der Waals surface area contributed by atoms with E-state index in [0.29, 0.717) is 12.4 Å². The summed E-state index contributed by atoms with van der Waals surface area (Å²) in [5, 5.41) is 19.7. The van der Waals surface area contributed by atoms with Crippen LogP contribution in [0.3, 0.4) is 0 Å². The number of hydrogen-bond acceptors (Lipinski definition) is 5. The van der Waals surface area contributed by atoms with Crippen molar-refractivity contribution in [1.29, 1.82) is 0 Å². The zero-order valence-corrected chi connectivity index (χ0v) is 19.8. The molecular weight excluding hydrogens is 445 g/mol. The van der Waals surface area contributed by atoms with Crippen molar-refractivity contribution >= 4 is 11.1 Å². The summed E-state index contributed by atoms with van der Waals surface area (Å²) in [5.74, 6) is 1.87. The number of halogens is 1. The summed E-state index contributed by atoms with van der Waals surface area (Å²) in [4.78, 5) is 2.20. The highest BCUT2D eigenvalue weighted by molar-refractivity contribution is 5.95. The number of aromatic hydroxyl groups is 1. The van der Waals surface area contributed by atoms with Gasteiger partial charge in [-0.05, 0) is 65.6 Å². The molecule has 0 radical (unpaired) electrons. The van der Waals surface area contributed by atoms with Crippen molar-refractivity contribution in [1.82, 2.24) is 4.90 Å². The quantitative estimate of drug-likeness (QED) is 0.467. The Hall–Kier alpha value is -3.35. The topological polar surface area (TPSA) is 62.2 Å². The maximum atomic E-state index is 12.6. The second-order valence-electron chi connectivity index (χ2n) is 9.27. The highest BCUT2D eigenvalue weighted by Crippen LogP contribution is 2.47. The number of aliphatic hydroxyl groups excluding tert-OH is 1. The largest absolute Gasteiger partial charge is 0.508 e. The number of aliphatic hydroxyl groups is 1. The van der Waals surface area contributed by atoms with Crippen molar-refractivity contribution in [3.63, 3.8) is 0 Å². The molecule has 0 amide bonds. The maximum absolute atomic E-state index is 12.6. The van der Waals surface area contributed by atoms with Crippen molar-refractivity contribution in [2.24, 2.45) is 5.92 Å². The lowest BCUT2D eigenvalue weighted by Crippen LogP contribution is -2.49. The lowest BCUT2D eigenvalue weighted by atomic mass is 9.85. The van der Waals surface area contributed by atoms with E-state index in [0.717, 1.165) is 58.8 Å². The molecule has 0 bridgehead atoms. The molecule has 2 N–H and O–H groups in total. The first-order chi connectivity index (χ1) is 17.1. The highest BCUT2D eigenvalue weighted by Gasteiger charge is 2.30. The van der Waals surface area contributed by atoms with Crippen LogP contribution in [-0.2, 0) is 6.61 Å². The Kier molecular flexibility index (Phi) is 6.75. The number of phenolic OH excluding ortho intramolecular Hbond substituents is 1. The monoisotopic (exact) mass is 475 g/mol. The standard InChI is InChI=1S/C29H30FNO4/c1-19-26-14-24(33)7-10-27(26)35-29(28(19)23-4-2-3-20(13-23)18-32)22-5-8-25(9-6-22)34-12-11-31-16-21(15-30)17-31/h2-10,13-14,21,29,32-33H,11-12,15-18H2,1H3/t29-/m1/s1. The molecule has 182 valence electrons. The minimum Gasteiger partial charge on any atom is -0.508 e. The van der Waals surface area contributed by atoms with Gasteiger partial charge in [-0.1, -0.05) is 30.3 Å². The summed E-state index contributed by atoms with van der Waals surface area (Å²) in [6.07, 6.45) is -0.353. The summed E-state index contributed by atoms with van der Waals surface area (Å²) < 4.78 is 25.0. The van der Waals surface area contributed by atoms with Crippen molar-refractivity contribution in [2.45, 2.75) is 19.6 Å².